The third kappa shape index (κ3) is 2.58. The highest BCUT2D eigenvalue weighted by Gasteiger charge is 2.16. The van der Waals surface area contributed by atoms with Crippen LogP contribution in [-0.2, 0) is 0 Å². The van der Waals surface area contributed by atoms with Gasteiger partial charge in [0.15, 0.2) is 0 Å². The average Bonchev–Trinajstić information content (AvgIpc) is 2.08. The van der Waals surface area contributed by atoms with Crippen molar-refractivity contribution < 1.29 is 10.2 Å². The number of halogens is 2. The molecule has 0 saturated carbocycles. The number of rotatable bonds is 2. The van der Waals surface area contributed by atoms with Crippen LogP contribution < -0.4 is 0 Å². The second kappa shape index (κ2) is 4.29. The fourth-order valence-electron chi connectivity index (χ4n) is 1.00. The number of aliphatic hydroxyl groups excluding tert-OH is 2. The molecule has 0 spiro atoms. The highest BCUT2D eigenvalue weighted by atomic mass is 35.5. The van der Waals surface area contributed by atoms with Crippen LogP contribution in [0.3, 0.4) is 0 Å². The number of aliphatic hydroxyl groups is 2. The van der Waals surface area contributed by atoms with Gasteiger partial charge in [0.2, 0.25) is 0 Å². The van der Waals surface area contributed by atoms with Crippen molar-refractivity contribution in [3.8, 4) is 0 Å². The molecule has 0 heterocycles. The fraction of sp³-hybridized carbons (Fsp3) is 0.333. The summed E-state index contributed by atoms with van der Waals surface area (Å²) in [6, 6.07) is 4.76. The molecule has 0 aromatic heterocycles. The van der Waals surface area contributed by atoms with Gasteiger partial charge >= 0.3 is 0 Å². The van der Waals surface area contributed by atoms with Crippen molar-refractivity contribution in [1.82, 2.24) is 0 Å². The Labute approximate surface area is 86.7 Å². The maximum absolute atomic E-state index is 9.51. The largest absolute Gasteiger partial charge is 0.390 e. The van der Waals surface area contributed by atoms with Crippen LogP contribution in [-0.4, -0.2) is 16.3 Å². The van der Waals surface area contributed by atoms with Gasteiger partial charge in [-0.05, 0) is 25.1 Å². The van der Waals surface area contributed by atoms with E-state index < -0.39 is 12.2 Å². The molecule has 72 valence electrons. The van der Waals surface area contributed by atoms with Gasteiger partial charge in [0.1, 0.15) is 6.10 Å². The lowest BCUT2D eigenvalue weighted by Crippen LogP contribution is -2.14. The number of hydrogen-bond acceptors (Lipinski definition) is 2. The highest BCUT2D eigenvalue weighted by Crippen LogP contribution is 2.27. The molecular weight excluding hydrogens is 211 g/mol. The molecular formula is C9H10Cl2O2. The van der Waals surface area contributed by atoms with Crippen molar-refractivity contribution in [2.75, 3.05) is 0 Å². The maximum atomic E-state index is 9.51. The average molecular weight is 221 g/mol. The van der Waals surface area contributed by atoms with E-state index in [0.29, 0.717) is 15.6 Å². The molecule has 0 radical (unpaired) electrons. The summed E-state index contributed by atoms with van der Waals surface area (Å²) in [6.07, 6.45) is -1.86. The van der Waals surface area contributed by atoms with Crippen molar-refractivity contribution in [2.24, 2.45) is 0 Å². The summed E-state index contributed by atoms with van der Waals surface area (Å²) in [5.41, 5.74) is 0.448. The SMILES string of the molecule is C[C@@H](O)[C@H](O)c1cc(Cl)ccc1Cl. The molecule has 1 rings (SSSR count). The van der Waals surface area contributed by atoms with Gasteiger partial charge in [-0.25, -0.2) is 0 Å². The number of hydrogen-bond donors (Lipinski definition) is 2. The van der Waals surface area contributed by atoms with Crippen LogP contribution in [0.4, 0.5) is 0 Å². The first-order valence-corrected chi connectivity index (χ1v) is 4.59. The van der Waals surface area contributed by atoms with Gasteiger partial charge in [-0.1, -0.05) is 23.2 Å². The van der Waals surface area contributed by atoms with Gasteiger partial charge in [-0.3, -0.25) is 0 Å². The van der Waals surface area contributed by atoms with Crippen molar-refractivity contribution in [1.29, 1.82) is 0 Å². The molecule has 13 heavy (non-hydrogen) atoms. The Bertz CT molecular complexity index is 300. The van der Waals surface area contributed by atoms with Crippen LogP contribution >= 0.6 is 23.2 Å². The van der Waals surface area contributed by atoms with E-state index in [1.54, 1.807) is 18.2 Å². The predicted molar refractivity (Wildman–Crippen MR) is 53.1 cm³/mol. The Hall–Kier alpha value is -0.280. The van der Waals surface area contributed by atoms with Crippen LogP contribution in [0, 0.1) is 0 Å². The van der Waals surface area contributed by atoms with Crippen molar-refractivity contribution >= 4 is 23.2 Å². The molecule has 2 nitrogen and oxygen atoms in total. The van der Waals surface area contributed by atoms with Crippen molar-refractivity contribution in [3.63, 3.8) is 0 Å². The first-order chi connectivity index (χ1) is 6.02. The molecule has 1 aromatic rings. The summed E-state index contributed by atoms with van der Waals surface area (Å²) in [5.74, 6) is 0. The predicted octanol–water partition coefficient (Wildman–Crippen LogP) is 2.41. The Morgan fingerprint density at radius 3 is 2.38 bits per heavy atom. The van der Waals surface area contributed by atoms with Gasteiger partial charge in [0.05, 0.1) is 6.10 Å². The molecule has 0 amide bonds. The molecule has 0 saturated heterocycles. The Balaban J connectivity index is 3.05. The van der Waals surface area contributed by atoms with Crippen LogP contribution in [0.5, 0.6) is 0 Å². The molecule has 2 N–H and O–H groups in total. The Morgan fingerprint density at radius 2 is 1.85 bits per heavy atom. The summed E-state index contributed by atoms with van der Waals surface area (Å²) in [6.45, 7) is 1.49. The van der Waals surface area contributed by atoms with E-state index in [0.717, 1.165) is 0 Å². The standard InChI is InChI=1S/C9H10Cl2O2/c1-5(12)9(13)7-4-6(10)2-3-8(7)11/h2-5,9,12-13H,1H3/t5-,9+/m1/s1. The Morgan fingerprint density at radius 1 is 1.23 bits per heavy atom. The smallest absolute Gasteiger partial charge is 0.106 e. The lowest BCUT2D eigenvalue weighted by atomic mass is 10.1. The van der Waals surface area contributed by atoms with Crippen molar-refractivity contribution in [3.05, 3.63) is 33.8 Å². The summed E-state index contributed by atoms with van der Waals surface area (Å²) in [4.78, 5) is 0. The van der Waals surface area contributed by atoms with Gasteiger partial charge in [-0.2, -0.15) is 0 Å². The van der Waals surface area contributed by atoms with Crippen LogP contribution in [0.2, 0.25) is 10.0 Å². The fourth-order valence-corrected chi connectivity index (χ4v) is 1.41. The highest BCUT2D eigenvalue weighted by molar-refractivity contribution is 6.33. The second-order valence-corrected chi connectivity index (χ2v) is 3.69. The van der Waals surface area contributed by atoms with Crippen LogP contribution in [0.15, 0.2) is 18.2 Å². The minimum Gasteiger partial charge on any atom is -0.390 e. The zero-order chi connectivity index (χ0) is 10.0. The zero-order valence-corrected chi connectivity index (χ0v) is 8.55. The molecule has 0 aliphatic heterocycles. The molecule has 4 heteroatoms. The molecule has 1 aromatic carbocycles. The zero-order valence-electron chi connectivity index (χ0n) is 7.04. The lowest BCUT2D eigenvalue weighted by molar-refractivity contribution is 0.0306. The van der Waals surface area contributed by atoms with Gasteiger partial charge < -0.3 is 10.2 Å². The lowest BCUT2D eigenvalue weighted by Gasteiger charge is -2.15. The minimum atomic E-state index is -0.994. The van der Waals surface area contributed by atoms with E-state index in [2.05, 4.69) is 0 Å². The molecule has 0 unspecified atom stereocenters. The number of benzene rings is 1. The molecule has 0 aliphatic carbocycles. The first-order valence-electron chi connectivity index (χ1n) is 3.83. The van der Waals surface area contributed by atoms with E-state index in [1.807, 2.05) is 0 Å². The van der Waals surface area contributed by atoms with Crippen molar-refractivity contribution in [2.45, 2.75) is 19.1 Å². The minimum absolute atomic E-state index is 0.401. The van der Waals surface area contributed by atoms with E-state index in [-0.39, 0.29) is 0 Å². The first kappa shape index (κ1) is 10.8. The summed E-state index contributed by atoms with van der Waals surface area (Å²) >= 11 is 11.5. The third-order valence-electron chi connectivity index (χ3n) is 1.73. The van der Waals surface area contributed by atoms with E-state index in [9.17, 15) is 5.11 Å². The summed E-state index contributed by atoms with van der Waals surface area (Å²) < 4.78 is 0. The Kier molecular flexibility index (Phi) is 3.56. The van der Waals surface area contributed by atoms with Gasteiger partial charge in [0.25, 0.3) is 0 Å². The topological polar surface area (TPSA) is 40.5 Å². The maximum Gasteiger partial charge on any atom is 0.106 e. The van der Waals surface area contributed by atoms with Gasteiger partial charge in [0, 0.05) is 15.6 Å². The molecule has 0 fully saturated rings. The normalized spacial score (nSPS) is 15.5. The van der Waals surface area contributed by atoms with Crippen LogP contribution in [0.25, 0.3) is 0 Å². The van der Waals surface area contributed by atoms with Gasteiger partial charge in [-0.15, -0.1) is 0 Å². The third-order valence-corrected chi connectivity index (χ3v) is 2.31. The summed E-state index contributed by atoms with van der Waals surface area (Å²) in [5, 5.41) is 19.5. The summed E-state index contributed by atoms with van der Waals surface area (Å²) in [7, 11) is 0. The van der Waals surface area contributed by atoms with E-state index >= 15 is 0 Å². The van der Waals surface area contributed by atoms with Crippen LogP contribution in [0.1, 0.15) is 18.6 Å². The van der Waals surface area contributed by atoms with E-state index in [1.165, 1.54) is 6.92 Å². The molecule has 0 aliphatic rings. The molecule has 0 bridgehead atoms. The quantitative estimate of drug-likeness (QED) is 0.804. The van der Waals surface area contributed by atoms with E-state index in [4.69, 9.17) is 28.3 Å². The monoisotopic (exact) mass is 220 g/mol. The second-order valence-electron chi connectivity index (χ2n) is 2.85. The molecule has 2 atom stereocenters.